The molecule has 4 N–H and O–H groups in total. The molecule has 27 heavy (non-hydrogen) atoms. The zero-order chi connectivity index (χ0) is 19.8. The van der Waals surface area contributed by atoms with E-state index in [1.807, 2.05) is 0 Å². The minimum atomic E-state index is -3.94. The van der Waals surface area contributed by atoms with Crippen molar-refractivity contribution >= 4 is 61.2 Å². The summed E-state index contributed by atoms with van der Waals surface area (Å²) in [5.41, 5.74) is 1.08. The Bertz CT molecular complexity index is 1190. The molecule has 1 heterocycles. The highest BCUT2D eigenvalue weighted by molar-refractivity contribution is 7.89. The first-order chi connectivity index (χ1) is 12.7. The minimum Gasteiger partial charge on any atom is -0.493 e. The van der Waals surface area contributed by atoms with Crippen molar-refractivity contribution in [2.24, 2.45) is 22.4 Å². The van der Waals surface area contributed by atoms with E-state index in [0.29, 0.717) is 15.9 Å². The number of nitrogens with two attached hydrogens (primary N) is 1. The second-order valence-corrected chi connectivity index (χ2v) is 7.92. The van der Waals surface area contributed by atoms with Crippen molar-refractivity contribution in [3.63, 3.8) is 0 Å². The van der Waals surface area contributed by atoms with Gasteiger partial charge in [0.15, 0.2) is 5.69 Å². The Hall–Kier alpha value is -2.53. The maximum atomic E-state index is 11.6. The molecular weight excluding hydrogens is 410 g/mol. The van der Waals surface area contributed by atoms with Crippen LogP contribution < -0.4 is 10.5 Å². The van der Waals surface area contributed by atoms with Gasteiger partial charge in [0.25, 0.3) is 0 Å². The number of nitrogens with one attached hydrogen (secondary N) is 1. The van der Waals surface area contributed by atoms with Gasteiger partial charge in [-0.15, -0.1) is 10.2 Å². The highest BCUT2D eigenvalue weighted by Crippen LogP contribution is 2.39. The molecule has 0 aliphatic carbocycles. The van der Waals surface area contributed by atoms with Gasteiger partial charge in [0.2, 0.25) is 21.0 Å². The van der Waals surface area contributed by atoms with Gasteiger partial charge in [-0.25, -0.2) is 13.6 Å². The van der Waals surface area contributed by atoms with Gasteiger partial charge in [-0.1, -0.05) is 23.7 Å². The van der Waals surface area contributed by atoms with Crippen LogP contribution >= 0.6 is 23.8 Å². The lowest BCUT2D eigenvalue weighted by atomic mass is 10.2. The van der Waals surface area contributed by atoms with Crippen LogP contribution in [-0.2, 0) is 17.1 Å². The molecule has 11 heteroatoms. The van der Waals surface area contributed by atoms with Gasteiger partial charge in [-0.05, 0) is 42.5 Å². The number of benzene rings is 2. The van der Waals surface area contributed by atoms with E-state index in [0.717, 1.165) is 0 Å². The van der Waals surface area contributed by atoms with Crippen LogP contribution in [0.4, 0.5) is 11.4 Å². The van der Waals surface area contributed by atoms with E-state index in [-0.39, 0.29) is 27.3 Å². The molecule has 0 saturated carbocycles. The van der Waals surface area contributed by atoms with Crippen LogP contribution in [0.15, 0.2) is 57.6 Å². The number of aryl methyl sites for hydroxylation is 1. The third-order valence-electron chi connectivity index (χ3n) is 3.78. The molecule has 2 aromatic carbocycles. The lowest BCUT2D eigenvalue weighted by molar-refractivity contribution is 0.436. The number of sulfonamides is 1. The standard InChI is InChI=1S/C16H14ClN5O3S2/c1-22-12-7-6-9(17)8-10(12)14(15(22)23)20-21-16(26)19-11-4-2-3-5-13(11)27(18,24)25/h2-8,23H,1H3,(H,19,26)(H2,18,24,25). The number of fused-ring (bicyclic) bond motifs is 1. The lowest BCUT2D eigenvalue weighted by Crippen LogP contribution is -2.16. The van der Waals surface area contributed by atoms with Crippen LogP contribution in [0.2, 0.25) is 5.02 Å². The van der Waals surface area contributed by atoms with Crippen LogP contribution in [0.3, 0.4) is 0 Å². The fourth-order valence-corrected chi connectivity index (χ4v) is 3.55. The maximum absolute atomic E-state index is 11.6. The predicted molar refractivity (Wildman–Crippen MR) is 108 cm³/mol. The summed E-state index contributed by atoms with van der Waals surface area (Å²) in [5.74, 6) is -0.108. The van der Waals surface area contributed by atoms with Gasteiger partial charge in [-0.2, -0.15) is 0 Å². The Balaban J connectivity index is 1.92. The molecule has 1 aromatic heterocycles. The normalized spacial score (nSPS) is 12.0. The minimum absolute atomic E-state index is 0.107. The highest BCUT2D eigenvalue weighted by Gasteiger charge is 2.16. The predicted octanol–water partition coefficient (Wildman–Crippen LogP) is 3.67. The summed E-state index contributed by atoms with van der Waals surface area (Å²) in [5, 5.41) is 27.0. The summed E-state index contributed by atoms with van der Waals surface area (Å²) < 4.78 is 24.8. The molecule has 0 spiro atoms. The van der Waals surface area contributed by atoms with Crippen molar-refractivity contribution < 1.29 is 13.5 Å². The third kappa shape index (κ3) is 3.93. The van der Waals surface area contributed by atoms with Crippen molar-refractivity contribution in [3.05, 3.63) is 47.5 Å². The first-order valence-corrected chi connectivity index (χ1v) is 9.83. The van der Waals surface area contributed by atoms with Crippen molar-refractivity contribution in [2.45, 2.75) is 4.90 Å². The van der Waals surface area contributed by atoms with E-state index < -0.39 is 10.0 Å². The van der Waals surface area contributed by atoms with E-state index in [1.54, 1.807) is 31.3 Å². The number of hydrogen-bond acceptors (Lipinski definition) is 5. The molecule has 0 fully saturated rings. The molecule has 0 aliphatic rings. The largest absolute Gasteiger partial charge is 0.493 e. The van der Waals surface area contributed by atoms with Gasteiger partial charge in [0, 0.05) is 17.5 Å². The van der Waals surface area contributed by atoms with Crippen molar-refractivity contribution in [1.82, 2.24) is 4.57 Å². The Kier molecular flexibility index (Phi) is 5.16. The molecule has 8 nitrogen and oxygen atoms in total. The Labute approximate surface area is 165 Å². The number of primary sulfonamides is 1. The molecule has 3 aromatic rings. The number of azo groups is 1. The molecule has 0 radical (unpaired) electrons. The smallest absolute Gasteiger partial charge is 0.240 e. The van der Waals surface area contributed by atoms with Gasteiger partial charge in [0.05, 0.1) is 11.2 Å². The van der Waals surface area contributed by atoms with Gasteiger partial charge >= 0.3 is 0 Å². The van der Waals surface area contributed by atoms with E-state index in [2.05, 4.69) is 15.5 Å². The van der Waals surface area contributed by atoms with Crippen molar-refractivity contribution in [3.8, 4) is 5.88 Å². The van der Waals surface area contributed by atoms with Crippen LogP contribution in [0, 0.1) is 0 Å². The third-order valence-corrected chi connectivity index (χ3v) is 5.17. The van der Waals surface area contributed by atoms with E-state index in [1.165, 1.54) is 22.8 Å². The Morgan fingerprint density at radius 1 is 1.30 bits per heavy atom. The average Bonchev–Trinajstić information content (AvgIpc) is 2.83. The maximum Gasteiger partial charge on any atom is 0.240 e. The first kappa shape index (κ1) is 19.2. The summed E-state index contributed by atoms with van der Waals surface area (Å²) in [6.45, 7) is 0. The molecule has 0 bridgehead atoms. The molecule has 3 rings (SSSR count). The number of hydrogen-bond donors (Lipinski definition) is 3. The van der Waals surface area contributed by atoms with Crippen LogP contribution in [0.5, 0.6) is 5.88 Å². The second-order valence-electron chi connectivity index (χ2n) is 5.56. The summed E-state index contributed by atoms with van der Waals surface area (Å²) in [7, 11) is -2.27. The fourth-order valence-electron chi connectivity index (χ4n) is 2.54. The number of aromatic hydroxyl groups is 1. The lowest BCUT2D eigenvalue weighted by Gasteiger charge is -2.08. The topological polar surface area (TPSA) is 122 Å². The number of para-hydroxylation sites is 1. The second kappa shape index (κ2) is 7.24. The molecule has 0 amide bonds. The molecule has 140 valence electrons. The monoisotopic (exact) mass is 423 g/mol. The molecule has 0 aliphatic heterocycles. The molecule has 0 atom stereocenters. The van der Waals surface area contributed by atoms with E-state index in [4.69, 9.17) is 29.0 Å². The molecule has 0 unspecified atom stereocenters. The fraction of sp³-hybridized carbons (Fsp3) is 0.0625. The summed E-state index contributed by atoms with van der Waals surface area (Å²) in [6, 6.07) is 11.1. The van der Waals surface area contributed by atoms with E-state index in [9.17, 15) is 13.5 Å². The SMILES string of the molecule is Cn1c(O)c(N=NC(=S)Nc2ccccc2S(N)(=O)=O)c2cc(Cl)ccc21. The molecule has 0 saturated heterocycles. The number of nitrogens with zero attached hydrogens (tertiary/aromatic N) is 3. The van der Waals surface area contributed by atoms with Crippen LogP contribution in [0.1, 0.15) is 0 Å². The zero-order valence-corrected chi connectivity index (χ0v) is 16.3. The van der Waals surface area contributed by atoms with E-state index >= 15 is 0 Å². The van der Waals surface area contributed by atoms with Crippen LogP contribution in [0.25, 0.3) is 10.9 Å². The summed E-state index contributed by atoms with van der Waals surface area (Å²) in [6.07, 6.45) is 0. The number of aromatic nitrogens is 1. The summed E-state index contributed by atoms with van der Waals surface area (Å²) >= 11 is 11.1. The Morgan fingerprint density at radius 2 is 2.00 bits per heavy atom. The van der Waals surface area contributed by atoms with Gasteiger partial charge < -0.3 is 15.0 Å². The zero-order valence-electron chi connectivity index (χ0n) is 13.9. The number of halogens is 1. The van der Waals surface area contributed by atoms with Crippen LogP contribution in [-0.4, -0.2) is 23.2 Å². The number of thiocarbonyl (C=S) groups is 1. The first-order valence-electron chi connectivity index (χ1n) is 7.50. The highest BCUT2D eigenvalue weighted by atomic mass is 35.5. The number of rotatable bonds is 3. The molecular formula is C16H14ClN5O3S2. The van der Waals surface area contributed by atoms with Gasteiger partial charge in [0.1, 0.15) is 4.90 Å². The summed E-state index contributed by atoms with van der Waals surface area (Å²) in [4.78, 5) is -0.123. The van der Waals surface area contributed by atoms with Gasteiger partial charge in [-0.3, -0.25) is 0 Å². The number of anilines is 1. The van der Waals surface area contributed by atoms with Crippen molar-refractivity contribution in [1.29, 1.82) is 0 Å². The average molecular weight is 424 g/mol. The Morgan fingerprint density at radius 3 is 2.70 bits per heavy atom. The van der Waals surface area contributed by atoms with Crippen molar-refractivity contribution in [2.75, 3.05) is 5.32 Å². The quantitative estimate of drug-likeness (QED) is 0.438.